The lowest BCUT2D eigenvalue weighted by Crippen LogP contribution is -2.20. The Morgan fingerprint density at radius 1 is 1.48 bits per heavy atom. The average Bonchev–Trinajstić information content (AvgIpc) is 2.98. The molecule has 0 saturated carbocycles. The van der Waals surface area contributed by atoms with Crippen LogP contribution >= 0.6 is 11.3 Å². The maximum Gasteiger partial charge on any atom is 0.262 e. The summed E-state index contributed by atoms with van der Waals surface area (Å²) in [5.74, 6) is 0.0938. The van der Waals surface area contributed by atoms with Crippen molar-refractivity contribution in [1.82, 2.24) is 4.98 Å². The summed E-state index contributed by atoms with van der Waals surface area (Å²) in [4.78, 5) is 16.2. The number of amides is 1. The van der Waals surface area contributed by atoms with Gasteiger partial charge in [-0.3, -0.25) is 15.5 Å². The zero-order chi connectivity index (χ0) is 14.8. The molecule has 7 heteroatoms. The van der Waals surface area contributed by atoms with E-state index in [-0.39, 0.29) is 11.1 Å². The predicted octanol–water partition coefficient (Wildman–Crippen LogP) is 2.63. The molecule has 1 amide bonds. The van der Waals surface area contributed by atoms with Gasteiger partial charge in [0.15, 0.2) is 16.5 Å². The molecule has 6 nitrogen and oxygen atoms in total. The number of fused-ring (bicyclic) bond motifs is 1. The van der Waals surface area contributed by atoms with E-state index in [1.165, 1.54) is 18.4 Å². The number of hydrogen-bond acceptors (Lipinski definition) is 6. The number of hydrogen-bond donors (Lipinski definition) is 2. The van der Waals surface area contributed by atoms with Gasteiger partial charge in [-0.1, -0.05) is 12.1 Å². The van der Waals surface area contributed by atoms with E-state index in [4.69, 9.17) is 14.6 Å². The van der Waals surface area contributed by atoms with E-state index in [2.05, 4.69) is 10.3 Å². The predicted molar refractivity (Wildman–Crippen MR) is 78.7 cm³/mol. The summed E-state index contributed by atoms with van der Waals surface area (Å²) in [5.41, 5.74) is 0.364. The Labute approximate surface area is 123 Å². The number of anilines is 1. The van der Waals surface area contributed by atoms with Crippen LogP contribution in [0.4, 0.5) is 5.13 Å². The SMILES string of the molecule is COc1cccc2cc(C(=O)Nc3nccs3)c(=N)oc12. The van der Waals surface area contributed by atoms with Crippen molar-refractivity contribution in [1.29, 1.82) is 5.41 Å². The Bertz CT molecular complexity index is 856. The first-order valence-corrected chi connectivity index (χ1v) is 6.93. The third-order valence-corrected chi connectivity index (χ3v) is 3.56. The second-order valence-corrected chi connectivity index (χ2v) is 5.05. The molecule has 0 saturated heterocycles. The van der Waals surface area contributed by atoms with Crippen LogP contribution in [0.5, 0.6) is 5.75 Å². The van der Waals surface area contributed by atoms with E-state index >= 15 is 0 Å². The number of aromatic nitrogens is 1. The minimum atomic E-state index is -0.427. The summed E-state index contributed by atoms with van der Waals surface area (Å²) < 4.78 is 10.6. The van der Waals surface area contributed by atoms with Gasteiger partial charge in [0.25, 0.3) is 5.91 Å². The number of nitrogens with one attached hydrogen (secondary N) is 2. The number of ether oxygens (including phenoxy) is 1. The summed E-state index contributed by atoms with van der Waals surface area (Å²) in [6.07, 6.45) is 1.59. The van der Waals surface area contributed by atoms with Crippen molar-refractivity contribution in [3.63, 3.8) is 0 Å². The monoisotopic (exact) mass is 301 g/mol. The van der Waals surface area contributed by atoms with E-state index in [9.17, 15) is 4.79 Å². The molecule has 0 aliphatic carbocycles. The van der Waals surface area contributed by atoms with E-state index in [0.717, 1.165) is 0 Å². The molecule has 3 aromatic rings. The fraction of sp³-hybridized carbons (Fsp3) is 0.0714. The van der Waals surface area contributed by atoms with E-state index < -0.39 is 5.91 Å². The number of carbonyl (C=O) groups is 1. The third-order valence-electron chi connectivity index (χ3n) is 2.88. The van der Waals surface area contributed by atoms with Crippen molar-refractivity contribution >= 4 is 33.3 Å². The minimum absolute atomic E-state index is 0.144. The lowest BCUT2D eigenvalue weighted by molar-refractivity contribution is 0.102. The van der Waals surface area contributed by atoms with Crippen LogP contribution in [0.15, 0.2) is 40.3 Å². The molecule has 0 aliphatic heterocycles. The Morgan fingerprint density at radius 3 is 3.05 bits per heavy atom. The number of carbonyl (C=O) groups excluding carboxylic acids is 1. The van der Waals surface area contributed by atoms with Crippen molar-refractivity contribution in [3.05, 3.63) is 47.0 Å². The van der Waals surface area contributed by atoms with Gasteiger partial charge in [-0.05, 0) is 12.1 Å². The molecule has 106 valence electrons. The zero-order valence-corrected chi connectivity index (χ0v) is 11.9. The van der Waals surface area contributed by atoms with Crippen LogP contribution in [-0.4, -0.2) is 18.0 Å². The van der Waals surface area contributed by atoms with Crippen molar-refractivity contribution in [2.75, 3.05) is 12.4 Å². The summed E-state index contributed by atoms with van der Waals surface area (Å²) in [6.45, 7) is 0. The van der Waals surface area contributed by atoms with Gasteiger partial charge in [0.05, 0.1) is 7.11 Å². The van der Waals surface area contributed by atoms with Crippen molar-refractivity contribution in [2.24, 2.45) is 0 Å². The molecule has 2 heterocycles. The van der Waals surface area contributed by atoms with Gasteiger partial charge < -0.3 is 9.15 Å². The summed E-state index contributed by atoms with van der Waals surface area (Å²) in [5, 5.41) is 13.4. The summed E-state index contributed by atoms with van der Waals surface area (Å²) in [7, 11) is 1.52. The van der Waals surface area contributed by atoms with Gasteiger partial charge in [-0.25, -0.2) is 4.98 Å². The summed E-state index contributed by atoms with van der Waals surface area (Å²) in [6, 6.07) is 6.93. The normalized spacial score (nSPS) is 10.5. The molecule has 0 spiro atoms. The highest BCUT2D eigenvalue weighted by atomic mass is 32.1. The van der Waals surface area contributed by atoms with E-state index in [1.807, 2.05) is 0 Å². The van der Waals surface area contributed by atoms with Crippen LogP contribution in [0.3, 0.4) is 0 Å². The molecule has 3 rings (SSSR count). The fourth-order valence-corrected chi connectivity index (χ4v) is 2.44. The number of rotatable bonds is 3. The smallest absolute Gasteiger partial charge is 0.262 e. The second-order valence-electron chi connectivity index (χ2n) is 4.16. The Kier molecular flexibility index (Phi) is 3.41. The molecule has 0 radical (unpaired) electrons. The number of para-hydroxylation sites is 1. The summed E-state index contributed by atoms with van der Waals surface area (Å²) >= 11 is 1.31. The lowest BCUT2D eigenvalue weighted by atomic mass is 10.1. The van der Waals surface area contributed by atoms with Gasteiger partial charge in [-0.15, -0.1) is 11.3 Å². The largest absolute Gasteiger partial charge is 0.493 e. The topological polar surface area (TPSA) is 88.2 Å². The van der Waals surface area contributed by atoms with Crippen molar-refractivity contribution in [3.8, 4) is 5.75 Å². The van der Waals surface area contributed by atoms with Crippen molar-refractivity contribution in [2.45, 2.75) is 0 Å². The fourth-order valence-electron chi connectivity index (χ4n) is 1.91. The first kappa shape index (κ1) is 13.3. The molecule has 0 aliphatic rings. The van der Waals surface area contributed by atoms with Gasteiger partial charge in [0, 0.05) is 17.0 Å². The molecule has 2 N–H and O–H groups in total. The Hall–Kier alpha value is -2.67. The second kappa shape index (κ2) is 5.37. The number of nitrogens with zero attached hydrogens (tertiary/aromatic N) is 1. The van der Waals surface area contributed by atoms with Crippen LogP contribution in [0.25, 0.3) is 11.0 Å². The quantitative estimate of drug-likeness (QED) is 0.778. The maximum absolute atomic E-state index is 12.2. The Balaban J connectivity index is 2.05. The van der Waals surface area contributed by atoms with Gasteiger partial charge in [0.2, 0.25) is 5.55 Å². The average molecular weight is 301 g/mol. The highest BCUT2D eigenvalue weighted by Gasteiger charge is 2.14. The molecule has 0 fully saturated rings. The molecule has 21 heavy (non-hydrogen) atoms. The van der Waals surface area contributed by atoms with Gasteiger partial charge >= 0.3 is 0 Å². The molecule has 2 aromatic heterocycles. The molecule has 0 unspecified atom stereocenters. The molecular formula is C14H11N3O3S. The Morgan fingerprint density at radius 2 is 2.33 bits per heavy atom. The number of benzene rings is 1. The first-order valence-electron chi connectivity index (χ1n) is 6.05. The molecule has 1 aromatic carbocycles. The lowest BCUT2D eigenvalue weighted by Gasteiger charge is -2.06. The van der Waals surface area contributed by atoms with Crippen LogP contribution < -0.4 is 15.6 Å². The molecule has 0 bridgehead atoms. The van der Waals surface area contributed by atoms with Crippen LogP contribution in [-0.2, 0) is 0 Å². The minimum Gasteiger partial charge on any atom is -0.493 e. The van der Waals surface area contributed by atoms with Crippen molar-refractivity contribution < 1.29 is 13.9 Å². The van der Waals surface area contributed by atoms with Gasteiger partial charge in [-0.2, -0.15) is 0 Å². The van der Waals surface area contributed by atoms with E-state index in [1.54, 1.807) is 35.8 Å². The van der Waals surface area contributed by atoms with Gasteiger partial charge in [0.1, 0.15) is 5.56 Å². The molecule has 0 atom stereocenters. The van der Waals surface area contributed by atoms with E-state index in [0.29, 0.717) is 21.9 Å². The highest BCUT2D eigenvalue weighted by molar-refractivity contribution is 7.13. The van der Waals surface area contributed by atoms with Crippen LogP contribution in [0.1, 0.15) is 10.4 Å². The number of methoxy groups -OCH3 is 1. The maximum atomic E-state index is 12.2. The standard InChI is InChI=1S/C14H11N3O3S/c1-19-10-4-2-3-8-7-9(12(15)20-11(8)10)13(18)17-14-16-5-6-21-14/h2-7,15H,1H3,(H,16,17,18). The first-order chi connectivity index (χ1) is 10.2. The zero-order valence-electron chi connectivity index (χ0n) is 11.0. The van der Waals surface area contributed by atoms with Crippen LogP contribution in [0.2, 0.25) is 0 Å². The number of thiazole rings is 1. The third kappa shape index (κ3) is 2.50. The highest BCUT2D eigenvalue weighted by Crippen LogP contribution is 2.24. The molecular weight excluding hydrogens is 290 g/mol. The van der Waals surface area contributed by atoms with Crippen LogP contribution in [0, 0.1) is 5.41 Å².